The first-order valence-electron chi connectivity index (χ1n) is 7.34. The summed E-state index contributed by atoms with van der Waals surface area (Å²) in [4.78, 5) is 12.6. The molecule has 2 rings (SSSR count). The normalized spacial score (nSPS) is 13.5. The maximum absolute atomic E-state index is 12.6. The number of aryl methyl sites for hydroxylation is 1. The molecule has 0 aliphatic heterocycles. The van der Waals surface area contributed by atoms with E-state index in [1.807, 2.05) is 69.3 Å². The molecule has 0 saturated carbocycles. The Bertz CT molecular complexity index is 604. The molecule has 2 heteroatoms. The van der Waals surface area contributed by atoms with Crippen molar-refractivity contribution in [2.24, 2.45) is 0 Å². The zero-order valence-electron chi connectivity index (χ0n) is 12.9. The van der Waals surface area contributed by atoms with E-state index >= 15 is 0 Å². The van der Waals surface area contributed by atoms with Gasteiger partial charge in [-0.3, -0.25) is 4.79 Å². The van der Waals surface area contributed by atoms with Crippen molar-refractivity contribution in [3.8, 4) is 0 Å². The highest BCUT2D eigenvalue weighted by Gasteiger charge is 2.36. The summed E-state index contributed by atoms with van der Waals surface area (Å²) >= 11 is 0. The van der Waals surface area contributed by atoms with Gasteiger partial charge in [-0.2, -0.15) is 0 Å². The molecule has 0 spiro atoms. The summed E-state index contributed by atoms with van der Waals surface area (Å²) in [5.41, 5.74) is 2.62. The van der Waals surface area contributed by atoms with Crippen LogP contribution in [0.1, 0.15) is 30.5 Å². The molecule has 110 valence electrons. The number of hydrogen-bond acceptors (Lipinski definition) is 2. The smallest absolute Gasteiger partial charge is 0.316 e. The molecular formula is C19H22O2. The van der Waals surface area contributed by atoms with Crippen LogP contribution in [-0.2, 0) is 21.4 Å². The SMILES string of the molecule is CCOC(=O)C(C)(Cc1ccccc1)c1cccc(C)c1. The molecule has 2 aromatic carbocycles. The second-order valence-corrected chi connectivity index (χ2v) is 5.58. The summed E-state index contributed by atoms with van der Waals surface area (Å²) in [5.74, 6) is -0.167. The number of hydrogen-bond donors (Lipinski definition) is 0. The molecule has 0 fully saturated rings. The average Bonchev–Trinajstić information content (AvgIpc) is 2.48. The number of esters is 1. The molecule has 0 radical (unpaired) electrons. The van der Waals surface area contributed by atoms with Gasteiger partial charge in [-0.05, 0) is 38.3 Å². The molecule has 0 amide bonds. The van der Waals surface area contributed by atoms with Crippen LogP contribution in [0.25, 0.3) is 0 Å². The van der Waals surface area contributed by atoms with Gasteiger partial charge in [-0.15, -0.1) is 0 Å². The summed E-state index contributed by atoms with van der Waals surface area (Å²) in [7, 11) is 0. The number of ether oxygens (including phenoxy) is 1. The van der Waals surface area contributed by atoms with Gasteiger partial charge in [0.2, 0.25) is 0 Å². The molecule has 1 atom stereocenters. The molecule has 0 aromatic heterocycles. The third-order valence-electron chi connectivity index (χ3n) is 3.78. The average molecular weight is 282 g/mol. The Kier molecular flexibility index (Phi) is 4.79. The second-order valence-electron chi connectivity index (χ2n) is 5.58. The van der Waals surface area contributed by atoms with Crippen molar-refractivity contribution < 1.29 is 9.53 Å². The standard InChI is InChI=1S/C19H22O2/c1-4-21-18(20)19(3,14-16-10-6-5-7-11-16)17-12-8-9-15(2)13-17/h5-13H,4,14H2,1-3H3. The maximum Gasteiger partial charge on any atom is 0.316 e. The van der Waals surface area contributed by atoms with E-state index in [1.165, 1.54) is 0 Å². The van der Waals surface area contributed by atoms with E-state index in [0.717, 1.165) is 16.7 Å². The summed E-state index contributed by atoms with van der Waals surface area (Å²) in [6.45, 7) is 6.25. The van der Waals surface area contributed by atoms with E-state index in [-0.39, 0.29) is 5.97 Å². The predicted molar refractivity (Wildman–Crippen MR) is 85.3 cm³/mol. The van der Waals surface area contributed by atoms with E-state index in [0.29, 0.717) is 13.0 Å². The van der Waals surface area contributed by atoms with E-state index in [1.54, 1.807) is 0 Å². The topological polar surface area (TPSA) is 26.3 Å². The Hall–Kier alpha value is -2.09. The Morgan fingerprint density at radius 2 is 1.81 bits per heavy atom. The van der Waals surface area contributed by atoms with Crippen LogP contribution >= 0.6 is 0 Å². The molecule has 2 nitrogen and oxygen atoms in total. The molecule has 0 heterocycles. The highest BCUT2D eigenvalue weighted by Crippen LogP contribution is 2.30. The highest BCUT2D eigenvalue weighted by molar-refractivity contribution is 5.83. The van der Waals surface area contributed by atoms with Crippen LogP contribution in [0.2, 0.25) is 0 Å². The lowest BCUT2D eigenvalue weighted by Gasteiger charge is -2.28. The Labute approximate surface area is 126 Å². The lowest BCUT2D eigenvalue weighted by molar-refractivity contribution is -0.149. The molecule has 0 aliphatic carbocycles. The van der Waals surface area contributed by atoms with Crippen LogP contribution < -0.4 is 0 Å². The Morgan fingerprint density at radius 1 is 1.10 bits per heavy atom. The van der Waals surface area contributed by atoms with Crippen LogP contribution in [0, 0.1) is 6.92 Å². The van der Waals surface area contributed by atoms with E-state index in [9.17, 15) is 4.79 Å². The van der Waals surface area contributed by atoms with Crippen LogP contribution in [0.4, 0.5) is 0 Å². The molecule has 0 bridgehead atoms. The summed E-state index contributed by atoms with van der Waals surface area (Å²) in [6, 6.07) is 18.2. The minimum atomic E-state index is -0.663. The van der Waals surface area contributed by atoms with Gasteiger partial charge in [0.05, 0.1) is 12.0 Å². The van der Waals surface area contributed by atoms with Crippen LogP contribution in [0.15, 0.2) is 54.6 Å². The van der Waals surface area contributed by atoms with Gasteiger partial charge < -0.3 is 4.74 Å². The minimum absolute atomic E-state index is 0.167. The zero-order chi connectivity index (χ0) is 15.3. The first-order valence-corrected chi connectivity index (χ1v) is 7.34. The summed E-state index contributed by atoms with van der Waals surface area (Å²) in [5, 5.41) is 0. The van der Waals surface area contributed by atoms with E-state index < -0.39 is 5.41 Å². The number of rotatable bonds is 5. The fourth-order valence-corrected chi connectivity index (χ4v) is 2.57. The molecule has 0 saturated heterocycles. The van der Waals surface area contributed by atoms with Crippen molar-refractivity contribution in [2.45, 2.75) is 32.6 Å². The lowest BCUT2D eigenvalue weighted by Crippen LogP contribution is -2.36. The van der Waals surface area contributed by atoms with Gasteiger partial charge in [-0.25, -0.2) is 0 Å². The van der Waals surface area contributed by atoms with Gasteiger partial charge >= 0.3 is 5.97 Å². The Morgan fingerprint density at radius 3 is 2.43 bits per heavy atom. The summed E-state index contributed by atoms with van der Waals surface area (Å²) < 4.78 is 5.33. The largest absolute Gasteiger partial charge is 0.465 e. The number of benzene rings is 2. The van der Waals surface area contributed by atoms with Crippen molar-refractivity contribution in [1.82, 2.24) is 0 Å². The minimum Gasteiger partial charge on any atom is -0.465 e. The van der Waals surface area contributed by atoms with Gasteiger partial charge in [0, 0.05) is 0 Å². The summed E-state index contributed by atoms with van der Waals surface area (Å²) in [6.07, 6.45) is 0.635. The van der Waals surface area contributed by atoms with E-state index in [4.69, 9.17) is 4.74 Å². The van der Waals surface area contributed by atoms with Crippen molar-refractivity contribution in [2.75, 3.05) is 6.61 Å². The highest BCUT2D eigenvalue weighted by atomic mass is 16.5. The molecule has 0 aliphatic rings. The van der Waals surface area contributed by atoms with Crippen molar-refractivity contribution in [3.63, 3.8) is 0 Å². The molecule has 0 N–H and O–H groups in total. The zero-order valence-corrected chi connectivity index (χ0v) is 12.9. The van der Waals surface area contributed by atoms with Crippen molar-refractivity contribution in [3.05, 3.63) is 71.3 Å². The number of carbonyl (C=O) groups excluding carboxylic acids is 1. The van der Waals surface area contributed by atoms with Gasteiger partial charge in [0.1, 0.15) is 0 Å². The first-order chi connectivity index (χ1) is 10.1. The van der Waals surface area contributed by atoms with Gasteiger partial charge in [0.25, 0.3) is 0 Å². The van der Waals surface area contributed by atoms with Crippen molar-refractivity contribution in [1.29, 1.82) is 0 Å². The molecular weight excluding hydrogens is 260 g/mol. The third-order valence-corrected chi connectivity index (χ3v) is 3.78. The quantitative estimate of drug-likeness (QED) is 0.773. The van der Waals surface area contributed by atoms with Gasteiger partial charge in [-0.1, -0.05) is 60.2 Å². The Balaban J connectivity index is 2.41. The lowest BCUT2D eigenvalue weighted by atomic mass is 9.77. The van der Waals surface area contributed by atoms with Crippen LogP contribution in [0.5, 0.6) is 0 Å². The van der Waals surface area contributed by atoms with Crippen LogP contribution in [-0.4, -0.2) is 12.6 Å². The first kappa shape index (κ1) is 15.3. The molecule has 21 heavy (non-hydrogen) atoms. The fourth-order valence-electron chi connectivity index (χ4n) is 2.57. The third kappa shape index (κ3) is 3.52. The number of carbonyl (C=O) groups is 1. The monoisotopic (exact) mass is 282 g/mol. The fraction of sp³-hybridized carbons (Fsp3) is 0.316. The predicted octanol–water partition coefficient (Wildman–Crippen LogP) is 4.06. The van der Waals surface area contributed by atoms with Crippen molar-refractivity contribution >= 4 is 5.97 Å². The van der Waals surface area contributed by atoms with Crippen LogP contribution in [0.3, 0.4) is 0 Å². The molecule has 1 unspecified atom stereocenters. The maximum atomic E-state index is 12.6. The van der Waals surface area contributed by atoms with E-state index in [2.05, 4.69) is 6.07 Å². The molecule has 2 aromatic rings. The van der Waals surface area contributed by atoms with Gasteiger partial charge in [0.15, 0.2) is 0 Å². The second kappa shape index (κ2) is 6.57.